The van der Waals surface area contributed by atoms with Crippen molar-refractivity contribution < 1.29 is 142 Å². The van der Waals surface area contributed by atoms with E-state index in [2.05, 4.69) is 23.8 Å². The van der Waals surface area contributed by atoms with Crippen molar-refractivity contribution in [1.82, 2.24) is 20.4 Å². The predicted molar refractivity (Wildman–Crippen MR) is 358 cm³/mol. The van der Waals surface area contributed by atoms with Crippen molar-refractivity contribution in [3.8, 4) is 34.5 Å². The molecule has 36 heteroatoms. The van der Waals surface area contributed by atoms with Crippen LogP contribution in [0.15, 0.2) is 85.0 Å². The van der Waals surface area contributed by atoms with Gasteiger partial charge in [-0.2, -0.15) is 0 Å². The molecule has 14 N–H and O–H groups in total. The lowest BCUT2D eigenvalue weighted by Crippen LogP contribution is -2.61. The van der Waals surface area contributed by atoms with Crippen molar-refractivity contribution in [2.45, 2.75) is 138 Å². The number of methoxy groups -OCH3 is 3. The number of fused-ring (bicyclic) bond motifs is 4. The Kier molecular flexibility index (Phi) is 25.0. The van der Waals surface area contributed by atoms with Gasteiger partial charge in [-0.1, -0.05) is 36.4 Å². The summed E-state index contributed by atoms with van der Waals surface area (Å²) in [6.45, 7) is 7.46. The van der Waals surface area contributed by atoms with Gasteiger partial charge in [-0.15, -0.1) is 0 Å². The smallest absolute Gasteiger partial charge is 0.416 e. The Morgan fingerprint density at radius 1 is 0.524 bits per heavy atom. The lowest BCUT2D eigenvalue weighted by Gasteiger charge is -2.38. The van der Waals surface area contributed by atoms with Gasteiger partial charge in [0.2, 0.25) is 12.6 Å². The fourth-order valence-corrected chi connectivity index (χ4v) is 12.7. The molecular formula is C69H83N7O29. The largest absolute Gasteiger partial charge is 0.493 e. The molecule has 4 aromatic carbocycles. The molecule has 6 amide bonds. The molecule has 6 aliphatic heterocycles. The summed E-state index contributed by atoms with van der Waals surface area (Å²) in [5.74, 6) is -6.25. The van der Waals surface area contributed by atoms with Crippen LogP contribution in [0.3, 0.4) is 0 Å². The van der Waals surface area contributed by atoms with E-state index in [1.807, 2.05) is 0 Å². The molecule has 0 saturated carbocycles. The maximum atomic E-state index is 14.5. The molecule has 14 atom stereocenters. The average Bonchev–Trinajstić information content (AvgIpc) is 1.47. The molecule has 0 radical (unpaired) electrons. The van der Waals surface area contributed by atoms with Crippen LogP contribution in [0.25, 0.3) is 0 Å². The molecule has 6 aliphatic rings. The van der Waals surface area contributed by atoms with E-state index >= 15 is 0 Å². The summed E-state index contributed by atoms with van der Waals surface area (Å²) in [5.41, 5.74) is 6.34. The highest BCUT2D eigenvalue weighted by atomic mass is 16.7. The molecule has 2 unspecified atom stereocenters. The van der Waals surface area contributed by atoms with Crippen LogP contribution in [0, 0.1) is 0 Å². The molecule has 568 valence electrons. The van der Waals surface area contributed by atoms with E-state index in [9.17, 15) is 89.4 Å². The third-order valence-electron chi connectivity index (χ3n) is 18.2. The Labute approximate surface area is 599 Å². The van der Waals surface area contributed by atoms with Crippen LogP contribution in [-0.2, 0) is 46.5 Å². The van der Waals surface area contributed by atoms with E-state index < -0.39 is 147 Å². The van der Waals surface area contributed by atoms with E-state index in [1.54, 1.807) is 0 Å². The number of hydrogen-bond donors (Lipinski definition) is 13. The van der Waals surface area contributed by atoms with Crippen molar-refractivity contribution in [3.63, 3.8) is 0 Å². The number of carboxylic acids is 2. The minimum absolute atomic E-state index is 0.00390. The van der Waals surface area contributed by atoms with Gasteiger partial charge < -0.3 is 129 Å². The van der Waals surface area contributed by atoms with Gasteiger partial charge in [0.15, 0.2) is 47.7 Å². The van der Waals surface area contributed by atoms with Crippen LogP contribution in [0.5, 0.6) is 34.5 Å². The van der Waals surface area contributed by atoms with Crippen molar-refractivity contribution in [2.75, 3.05) is 83.7 Å². The van der Waals surface area contributed by atoms with Gasteiger partial charge in [-0.3, -0.25) is 19.2 Å². The van der Waals surface area contributed by atoms with Crippen LogP contribution < -0.4 is 54.6 Å². The number of benzene rings is 4. The van der Waals surface area contributed by atoms with Gasteiger partial charge in [0.25, 0.3) is 23.6 Å². The highest BCUT2D eigenvalue weighted by Crippen LogP contribution is 2.45. The van der Waals surface area contributed by atoms with E-state index in [-0.39, 0.29) is 145 Å². The van der Waals surface area contributed by atoms with Crippen molar-refractivity contribution in [1.29, 1.82) is 0 Å². The Bertz CT molecular complexity index is 3710. The van der Waals surface area contributed by atoms with E-state index in [0.29, 0.717) is 36.8 Å². The first-order chi connectivity index (χ1) is 50.2. The quantitative estimate of drug-likeness (QED) is 0.0259. The number of aliphatic hydroxyl groups excluding tert-OH is 8. The van der Waals surface area contributed by atoms with Gasteiger partial charge in [-0.25, -0.2) is 29.0 Å². The van der Waals surface area contributed by atoms with Gasteiger partial charge in [0, 0.05) is 45.4 Å². The Balaban J connectivity index is 0.823. The van der Waals surface area contributed by atoms with E-state index in [0.717, 1.165) is 9.80 Å². The second kappa shape index (κ2) is 33.9. The number of carbonyl (C=O) groups excluding carboxylic acids is 6. The number of nitrogens with zero attached hydrogens (tertiary/aromatic N) is 4. The number of aliphatic hydroxyl groups is 8. The van der Waals surface area contributed by atoms with Gasteiger partial charge >= 0.3 is 24.1 Å². The summed E-state index contributed by atoms with van der Waals surface area (Å²) in [4.78, 5) is 113. The standard InChI is InChI=1S/C69H83N7O29/c1-32-20-42-62(87)75(68(93)100-30-34-10-12-44(38(22-34)58(83)71-15-9-14-70)102-66-54(81)50(77)52(79)56(104-66)64(89)90)40-26-48(46(96-4)24-36(40)60(85)73(42)28-32)98-17-7-6-8-18-99-49-27-41-37(25-47(49)97-5)61(86)74-29-33(2)21-43(74)63(88)76(41)69(94)101-31-35-11-13-45(39(23-35)59(84)72-16-19-95-3)103-67-55(82)51(78)53(80)57(105-67)65(91)92/h10-13,22-27,42-43,50-57,62-63,66-67,77-82,87-88H,1-2,6-9,14-21,28-31,70H2,3-5H3,(H,71,83)(H,72,84)(H,89,90)(H,91,92)/t42-,43-,50-,51-,52-,53-,54+,55+,56-,57-,62?,63?,66+,67+/m0/s1. The lowest BCUT2D eigenvalue weighted by atomic mass is 9.99. The number of hydrogen-bond acceptors (Lipinski definition) is 28. The highest BCUT2D eigenvalue weighted by Gasteiger charge is 2.52. The Morgan fingerprint density at radius 2 is 0.943 bits per heavy atom. The fraction of sp³-hybridized carbons (Fsp3) is 0.478. The minimum Gasteiger partial charge on any atom is -0.493 e. The first-order valence-corrected chi connectivity index (χ1v) is 33.3. The zero-order valence-electron chi connectivity index (χ0n) is 57.2. The zero-order chi connectivity index (χ0) is 75.8. The number of carboxylic acid groups (broad SMARTS) is 2. The summed E-state index contributed by atoms with van der Waals surface area (Å²) in [5, 5.41) is 111. The third kappa shape index (κ3) is 16.8. The number of nitrogens with one attached hydrogen (secondary N) is 2. The monoisotopic (exact) mass is 1470 g/mol. The van der Waals surface area contributed by atoms with Gasteiger partial charge in [-0.05, 0) is 92.6 Å². The lowest BCUT2D eigenvalue weighted by molar-refractivity contribution is -0.271. The molecule has 4 saturated heterocycles. The maximum Gasteiger partial charge on any atom is 0.416 e. The first kappa shape index (κ1) is 77.6. The maximum absolute atomic E-state index is 14.5. The summed E-state index contributed by atoms with van der Waals surface area (Å²) >= 11 is 0. The van der Waals surface area contributed by atoms with Crippen LogP contribution in [0.2, 0.25) is 0 Å². The molecule has 0 aromatic heterocycles. The zero-order valence-corrected chi connectivity index (χ0v) is 57.2. The minimum atomic E-state index is -2.03. The third-order valence-corrected chi connectivity index (χ3v) is 18.2. The highest BCUT2D eigenvalue weighted by molar-refractivity contribution is 6.07. The number of amides is 6. The second-order valence-corrected chi connectivity index (χ2v) is 25.4. The Hall–Kier alpha value is -9.96. The van der Waals surface area contributed by atoms with E-state index in [4.69, 9.17) is 57.8 Å². The summed E-state index contributed by atoms with van der Waals surface area (Å²) in [6.07, 6.45) is -23.9. The molecule has 4 fully saturated rings. The fourth-order valence-electron chi connectivity index (χ4n) is 12.7. The van der Waals surface area contributed by atoms with Crippen molar-refractivity contribution in [3.05, 3.63) is 118 Å². The predicted octanol–water partition coefficient (Wildman–Crippen LogP) is -0.179. The molecule has 0 aliphatic carbocycles. The van der Waals surface area contributed by atoms with Crippen molar-refractivity contribution in [2.24, 2.45) is 5.73 Å². The molecular weight excluding hydrogens is 1390 g/mol. The number of nitrogens with two attached hydrogens (primary N) is 1. The summed E-state index contributed by atoms with van der Waals surface area (Å²) in [7, 11) is 4.08. The number of carbonyl (C=O) groups is 8. The average molecular weight is 1470 g/mol. The van der Waals surface area contributed by atoms with Crippen molar-refractivity contribution >= 4 is 59.1 Å². The van der Waals surface area contributed by atoms with Crippen LogP contribution in [0.1, 0.15) is 91.1 Å². The number of rotatable bonds is 28. The van der Waals surface area contributed by atoms with Crippen LogP contribution in [0.4, 0.5) is 21.0 Å². The van der Waals surface area contributed by atoms with Crippen LogP contribution in [-0.4, -0.2) is 268 Å². The molecule has 36 nitrogen and oxygen atoms in total. The first-order valence-electron chi connectivity index (χ1n) is 33.3. The SMILES string of the molecule is C=C1C[C@H]2C(O)N(C(=O)OCc3ccc(O[C@@H]4O[C@H](C(=O)O)[C@@H](O)[C@H](O)[C@H]4O)c(C(=O)NCCCN)c3)c3cc(OCCCCCOc4cc5c(cc4OC)C(=O)N4CC(=C)C[C@H]4C(O)N5C(=O)OCc4ccc(O[C@@H]5O[C@H](C(=O)O)[C@@H](O)[C@H](O)[C@H]5O)c(C(=O)NCCOC)c4)c(OC)cc3C(=O)N2C1. The summed E-state index contributed by atoms with van der Waals surface area (Å²) < 4.78 is 62.6. The normalized spacial score (nSPS) is 25.5. The van der Waals surface area contributed by atoms with Crippen LogP contribution >= 0.6 is 0 Å². The molecule has 6 heterocycles. The van der Waals surface area contributed by atoms with Gasteiger partial charge in [0.1, 0.15) is 61.3 Å². The molecule has 0 bridgehead atoms. The molecule has 105 heavy (non-hydrogen) atoms. The number of unbranched alkanes of at least 4 members (excludes halogenated alkanes) is 2. The topological polar surface area (TPSA) is 503 Å². The molecule has 10 rings (SSSR count). The number of ether oxygens (including phenoxy) is 11. The second-order valence-electron chi connectivity index (χ2n) is 25.4. The summed E-state index contributed by atoms with van der Waals surface area (Å²) in [6, 6.07) is 11.2. The molecule has 0 spiro atoms. The van der Waals surface area contributed by atoms with Gasteiger partial charge in [0.05, 0.1) is 79.8 Å². The molecule has 4 aromatic rings. The van der Waals surface area contributed by atoms with E-state index in [1.165, 1.54) is 91.8 Å². The number of anilines is 2. The Morgan fingerprint density at radius 3 is 1.33 bits per heavy atom. The number of aliphatic carboxylic acids is 2.